The van der Waals surface area contributed by atoms with E-state index in [1.807, 2.05) is 24.3 Å². The van der Waals surface area contributed by atoms with E-state index in [0.29, 0.717) is 17.1 Å². The third kappa shape index (κ3) is 2.88. The van der Waals surface area contributed by atoms with Crippen LogP contribution in [0, 0.1) is 0 Å². The Balaban J connectivity index is 1.55. The standard InChI is InChI=1S/C16H17ClN2O/c1-20-15-4-2-11(3-5-15)12-8-14(9-12)19-13-6-7-18-16(17)10-13/h2-7,10,12,14H,8-9H2,1H3,(H,18,19). The summed E-state index contributed by atoms with van der Waals surface area (Å²) in [7, 11) is 1.69. The minimum absolute atomic E-state index is 0.514. The van der Waals surface area contributed by atoms with Crippen molar-refractivity contribution in [3.8, 4) is 5.75 Å². The van der Waals surface area contributed by atoms with Crippen LogP contribution in [-0.4, -0.2) is 18.1 Å². The lowest BCUT2D eigenvalue weighted by Gasteiger charge is -2.37. The minimum Gasteiger partial charge on any atom is -0.497 e. The predicted octanol–water partition coefficient (Wildman–Crippen LogP) is 4.10. The lowest BCUT2D eigenvalue weighted by Crippen LogP contribution is -2.33. The van der Waals surface area contributed by atoms with Gasteiger partial charge in [-0.3, -0.25) is 0 Å². The molecular formula is C16H17ClN2O. The number of methoxy groups -OCH3 is 1. The van der Waals surface area contributed by atoms with Crippen LogP contribution in [0.15, 0.2) is 42.6 Å². The van der Waals surface area contributed by atoms with Gasteiger partial charge in [-0.25, -0.2) is 4.98 Å². The Hall–Kier alpha value is -1.74. The van der Waals surface area contributed by atoms with E-state index in [1.54, 1.807) is 13.3 Å². The number of nitrogens with zero attached hydrogens (tertiary/aromatic N) is 1. The van der Waals surface area contributed by atoms with Crippen molar-refractivity contribution >= 4 is 17.3 Å². The third-order valence-corrected chi connectivity index (χ3v) is 4.03. The van der Waals surface area contributed by atoms with Gasteiger partial charge in [-0.1, -0.05) is 23.7 Å². The Labute approximate surface area is 123 Å². The molecule has 1 fully saturated rings. The zero-order chi connectivity index (χ0) is 13.9. The number of anilines is 1. The number of rotatable bonds is 4. The molecule has 1 N–H and O–H groups in total. The highest BCUT2D eigenvalue weighted by Crippen LogP contribution is 2.39. The molecule has 0 atom stereocenters. The van der Waals surface area contributed by atoms with E-state index in [0.717, 1.165) is 24.3 Å². The molecule has 0 spiro atoms. The molecule has 4 heteroatoms. The number of hydrogen-bond donors (Lipinski definition) is 1. The molecule has 0 amide bonds. The van der Waals surface area contributed by atoms with Gasteiger partial charge in [0.15, 0.2) is 0 Å². The number of hydrogen-bond acceptors (Lipinski definition) is 3. The van der Waals surface area contributed by atoms with Gasteiger partial charge < -0.3 is 10.1 Å². The number of ether oxygens (including phenoxy) is 1. The van der Waals surface area contributed by atoms with Crippen LogP contribution in [0.25, 0.3) is 0 Å². The Morgan fingerprint density at radius 1 is 1.20 bits per heavy atom. The van der Waals surface area contributed by atoms with Gasteiger partial charge in [-0.2, -0.15) is 0 Å². The summed E-state index contributed by atoms with van der Waals surface area (Å²) in [6.07, 6.45) is 4.02. The quantitative estimate of drug-likeness (QED) is 0.860. The highest BCUT2D eigenvalue weighted by molar-refractivity contribution is 6.29. The molecule has 1 aliphatic carbocycles. The van der Waals surface area contributed by atoms with Gasteiger partial charge in [0.05, 0.1) is 7.11 Å². The summed E-state index contributed by atoms with van der Waals surface area (Å²) in [5.74, 6) is 1.55. The van der Waals surface area contributed by atoms with Crippen molar-refractivity contribution in [1.29, 1.82) is 0 Å². The summed E-state index contributed by atoms with van der Waals surface area (Å²) in [5.41, 5.74) is 2.43. The van der Waals surface area contributed by atoms with Crippen LogP contribution in [0.4, 0.5) is 5.69 Å². The van der Waals surface area contributed by atoms with E-state index in [9.17, 15) is 0 Å². The molecular weight excluding hydrogens is 272 g/mol. The van der Waals surface area contributed by atoms with E-state index < -0.39 is 0 Å². The molecule has 0 bridgehead atoms. The molecule has 1 saturated carbocycles. The van der Waals surface area contributed by atoms with E-state index in [-0.39, 0.29) is 0 Å². The smallest absolute Gasteiger partial charge is 0.131 e. The maximum atomic E-state index is 5.88. The Morgan fingerprint density at radius 2 is 1.95 bits per heavy atom. The van der Waals surface area contributed by atoms with Gasteiger partial charge in [-0.05, 0) is 48.6 Å². The van der Waals surface area contributed by atoms with Crippen molar-refractivity contribution in [2.24, 2.45) is 0 Å². The molecule has 1 aromatic carbocycles. The van der Waals surface area contributed by atoms with Gasteiger partial charge in [0.2, 0.25) is 0 Å². The van der Waals surface area contributed by atoms with E-state index in [2.05, 4.69) is 22.4 Å². The van der Waals surface area contributed by atoms with Gasteiger partial charge in [0, 0.05) is 17.9 Å². The molecule has 1 aromatic heterocycles. The van der Waals surface area contributed by atoms with Crippen molar-refractivity contribution in [2.45, 2.75) is 24.8 Å². The molecule has 0 saturated heterocycles. The van der Waals surface area contributed by atoms with Crippen LogP contribution < -0.4 is 10.1 Å². The van der Waals surface area contributed by atoms with Crippen molar-refractivity contribution < 1.29 is 4.74 Å². The normalized spacial score (nSPS) is 21.1. The first-order chi connectivity index (χ1) is 9.74. The molecule has 104 valence electrons. The Kier molecular flexibility index (Phi) is 3.79. The van der Waals surface area contributed by atoms with Crippen molar-refractivity contribution in [3.63, 3.8) is 0 Å². The van der Waals surface area contributed by atoms with Crippen molar-refractivity contribution in [1.82, 2.24) is 4.98 Å². The molecule has 3 nitrogen and oxygen atoms in total. The van der Waals surface area contributed by atoms with Crippen molar-refractivity contribution in [3.05, 3.63) is 53.3 Å². The molecule has 2 aromatic rings. The molecule has 0 aliphatic heterocycles. The zero-order valence-electron chi connectivity index (χ0n) is 11.3. The van der Waals surface area contributed by atoms with Crippen LogP contribution in [0.2, 0.25) is 5.15 Å². The average molecular weight is 289 g/mol. The fraction of sp³-hybridized carbons (Fsp3) is 0.312. The molecule has 0 radical (unpaired) electrons. The maximum absolute atomic E-state index is 5.88. The molecule has 0 unspecified atom stereocenters. The topological polar surface area (TPSA) is 34.1 Å². The lowest BCUT2D eigenvalue weighted by atomic mass is 9.76. The van der Waals surface area contributed by atoms with Gasteiger partial charge in [0.1, 0.15) is 10.9 Å². The number of benzene rings is 1. The first-order valence-electron chi connectivity index (χ1n) is 6.76. The molecule has 20 heavy (non-hydrogen) atoms. The molecule has 1 aliphatic rings. The highest BCUT2D eigenvalue weighted by atomic mass is 35.5. The Morgan fingerprint density at radius 3 is 2.60 bits per heavy atom. The van der Waals surface area contributed by atoms with Crippen LogP contribution in [0.3, 0.4) is 0 Å². The van der Waals surface area contributed by atoms with Crippen LogP contribution >= 0.6 is 11.6 Å². The lowest BCUT2D eigenvalue weighted by molar-refractivity contribution is 0.373. The largest absolute Gasteiger partial charge is 0.497 e. The average Bonchev–Trinajstić information content (AvgIpc) is 2.43. The first kappa shape index (κ1) is 13.3. The second-order valence-corrected chi connectivity index (χ2v) is 5.54. The van der Waals surface area contributed by atoms with Crippen LogP contribution in [0.5, 0.6) is 5.75 Å². The van der Waals surface area contributed by atoms with E-state index in [1.165, 1.54) is 5.56 Å². The number of nitrogens with one attached hydrogen (secondary N) is 1. The summed E-state index contributed by atoms with van der Waals surface area (Å²) in [6.45, 7) is 0. The highest BCUT2D eigenvalue weighted by Gasteiger charge is 2.30. The van der Waals surface area contributed by atoms with Crippen LogP contribution in [0.1, 0.15) is 24.3 Å². The number of pyridine rings is 1. The minimum atomic E-state index is 0.514. The number of aromatic nitrogens is 1. The summed E-state index contributed by atoms with van der Waals surface area (Å²) in [6, 6.07) is 12.7. The second kappa shape index (κ2) is 5.71. The third-order valence-electron chi connectivity index (χ3n) is 3.82. The van der Waals surface area contributed by atoms with Crippen LogP contribution in [-0.2, 0) is 0 Å². The monoisotopic (exact) mass is 288 g/mol. The molecule has 1 heterocycles. The molecule has 3 rings (SSSR count). The number of halogens is 1. The van der Waals surface area contributed by atoms with E-state index >= 15 is 0 Å². The van der Waals surface area contributed by atoms with Gasteiger partial charge in [0.25, 0.3) is 0 Å². The summed E-state index contributed by atoms with van der Waals surface area (Å²) < 4.78 is 5.18. The summed E-state index contributed by atoms with van der Waals surface area (Å²) in [5, 5.41) is 4.02. The Bertz CT molecular complexity index is 579. The zero-order valence-corrected chi connectivity index (χ0v) is 12.1. The first-order valence-corrected chi connectivity index (χ1v) is 7.14. The summed E-state index contributed by atoms with van der Waals surface area (Å²) in [4.78, 5) is 3.98. The van der Waals surface area contributed by atoms with Crippen molar-refractivity contribution in [2.75, 3.05) is 12.4 Å². The maximum Gasteiger partial charge on any atom is 0.131 e. The SMILES string of the molecule is COc1ccc(C2CC(Nc3ccnc(Cl)c3)C2)cc1. The van der Waals surface area contributed by atoms with Gasteiger partial charge >= 0.3 is 0 Å². The van der Waals surface area contributed by atoms with E-state index in [4.69, 9.17) is 16.3 Å². The second-order valence-electron chi connectivity index (χ2n) is 5.15. The summed E-state index contributed by atoms with van der Waals surface area (Å²) >= 11 is 5.88. The fourth-order valence-corrected chi connectivity index (χ4v) is 2.79. The fourth-order valence-electron chi connectivity index (χ4n) is 2.61. The van der Waals surface area contributed by atoms with Gasteiger partial charge in [-0.15, -0.1) is 0 Å². The predicted molar refractivity (Wildman–Crippen MR) is 81.6 cm³/mol.